The summed E-state index contributed by atoms with van der Waals surface area (Å²) in [6, 6.07) is 0. The monoisotopic (exact) mass is 346 g/mol. The lowest BCUT2D eigenvalue weighted by molar-refractivity contribution is -0.152. The first-order valence-electron chi connectivity index (χ1n) is 8.63. The number of cyclic esters (lactones) is 1. The number of aliphatic hydroxyl groups excluding tert-OH is 1. The van der Waals surface area contributed by atoms with Gasteiger partial charge in [0.2, 0.25) is 0 Å². The highest BCUT2D eigenvalue weighted by Crippen LogP contribution is 2.55. The highest BCUT2D eigenvalue weighted by molar-refractivity contribution is 5.92. The first kappa shape index (κ1) is 16.4. The molecular weight excluding hydrogens is 324 g/mol. The highest BCUT2D eigenvalue weighted by atomic mass is 16.7. The van der Waals surface area contributed by atoms with Gasteiger partial charge >= 0.3 is 11.9 Å². The van der Waals surface area contributed by atoms with E-state index in [2.05, 4.69) is 13.8 Å². The molecule has 2 heterocycles. The van der Waals surface area contributed by atoms with Gasteiger partial charge in [-0.2, -0.15) is 0 Å². The molecule has 4 aliphatic rings. The van der Waals surface area contributed by atoms with Gasteiger partial charge in [-0.3, -0.25) is 0 Å². The van der Waals surface area contributed by atoms with Crippen molar-refractivity contribution < 1.29 is 28.9 Å². The Balaban J connectivity index is 1.59. The molecule has 25 heavy (non-hydrogen) atoms. The molecule has 4 rings (SSSR count). The third kappa shape index (κ3) is 2.51. The molecule has 0 unspecified atom stereocenters. The third-order valence-corrected chi connectivity index (χ3v) is 5.80. The van der Waals surface area contributed by atoms with E-state index < -0.39 is 24.3 Å². The molecule has 1 saturated heterocycles. The van der Waals surface area contributed by atoms with Crippen LogP contribution in [-0.4, -0.2) is 35.5 Å². The van der Waals surface area contributed by atoms with E-state index in [1.807, 2.05) is 6.08 Å². The average Bonchev–Trinajstić information content (AvgIpc) is 3.15. The van der Waals surface area contributed by atoms with Crippen molar-refractivity contribution >= 4 is 11.9 Å². The summed E-state index contributed by atoms with van der Waals surface area (Å²) in [7, 11) is 0. The molecule has 1 N–H and O–H groups in total. The van der Waals surface area contributed by atoms with Crippen LogP contribution in [0.25, 0.3) is 0 Å². The molecule has 2 aliphatic heterocycles. The summed E-state index contributed by atoms with van der Waals surface area (Å²) in [5.41, 5.74) is 1.81. The lowest BCUT2D eigenvalue weighted by Gasteiger charge is -2.42. The molecule has 2 aliphatic carbocycles. The van der Waals surface area contributed by atoms with Crippen molar-refractivity contribution in [3.05, 3.63) is 35.1 Å². The van der Waals surface area contributed by atoms with Crippen LogP contribution in [0.3, 0.4) is 0 Å². The minimum atomic E-state index is -0.815. The fourth-order valence-corrected chi connectivity index (χ4v) is 4.42. The van der Waals surface area contributed by atoms with Gasteiger partial charge in [-0.05, 0) is 30.8 Å². The van der Waals surface area contributed by atoms with E-state index in [1.54, 1.807) is 13.0 Å². The maximum atomic E-state index is 12.3. The Kier molecular flexibility index (Phi) is 3.58. The zero-order valence-electron chi connectivity index (χ0n) is 14.5. The van der Waals surface area contributed by atoms with Gasteiger partial charge in [0.15, 0.2) is 0 Å². The Labute approximate surface area is 146 Å². The van der Waals surface area contributed by atoms with Crippen molar-refractivity contribution in [2.45, 2.75) is 52.1 Å². The van der Waals surface area contributed by atoms with Crippen LogP contribution >= 0.6 is 0 Å². The number of hydrogen-bond acceptors (Lipinski definition) is 6. The van der Waals surface area contributed by atoms with Gasteiger partial charge in [-0.25, -0.2) is 9.59 Å². The van der Waals surface area contributed by atoms with E-state index in [-0.39, 0.29) is 23.4 Å². The number of esters is 2. The van der Waals surface area contributed by atoms with Gasteiger partial charge in [0, 0.05) is 17.6 Å². The smallest absolute Gasteiger partial charge is 0.338 e. The van der Waals surface area contributed by atoms with Crippen molar-refractivity contribution in [1.29, 1.82) is 0 Å². The number of fused-ring (bicyclic) bond motifs is 3. The molecule has 0 aromatic heterocycles. The molecular formula is C19H22O6. The zero-order valence-corrected chi connectivity index (χ0v) is 14.5. The Hall–Kier alpha value is -2.08. The second-order valence-corrected chi connectivity index (χ2v) is 7.92. The summed E-state index contributed by atoms with van der Waals surface area (Å²) in [4.78, 5) is 23.7. The molecule has 0 amide bonds. The Morgan fingerprint density at radius 3 is 2.68 bits per heavy atom. The Bertz CT molecular complexity index is 728. The summed E-state index contributed by atoms with van der Waals surface area (Å²) < 4.78 is 16.1. The van der Waals surface area contributed by atoms with Crippen LogP contribution in [0.4, 0.5) is 0 Å². The van der Waals surface area contributed by atoms with Crippen molar-refractivity contribution in [2.75, 3.05) is 0 Å². The Morgan fingerprint density at radius 2 is 2.00 bits per heavy atom. The molecule has 134 valence electrons. The predicted molar refractivity (Wildman–Crippen MR) is 86.8 cm³/mol. The second kappa shape index (κ2) is 5.46. The predicted octanol–water partition coefficient (Wildman–Crippen LogP) is 1.99. The van der Waals surface area contributed by atoms with Crippen LogP contribution < -0.4 is 0 Å². The molecule has 0 radical (unpaired) electrons. The minimum absolute atomic E-state index is 0.0162. The lowest BCUT2D eigenvalue weighted by atomic mass is 9.65. The van der Waals surface area contributed by atoms with Gasteiger partial charge < -0.3 is 19.3 Å². The number of aliphatic hydroxyl groups is 1. The molecule has 5 atom stereocenters. The summed E-state index contributed by atoms with van der Waals surface area (Å²) in [5, 5.41) is 10.4. The molecule has 1 saturated carbocycles. The summed E-state index contributed by atoms with van der Waals surface area (Å²) in [5.74, 6) is -1.05. The largest absolute Gasteiger partial charge is 0.458 e. The van der Waals surface area contributed by atoms with Crippen molar-refractivity contribution in [3.8, 4) is 0 Å². The first-order valence-corrected chi connectivity index (χ1v) is 8.63. The van der Waals surface area contributed by atoms with Gasteiger partial charge in [-0.15, -0.1) is 0 Å². The molecule has 6 heteroatoms. The normalized spacial score (nSPS) is 40.2. The molecule has 2 fully saturated rings. The van der Waals surface area contributed by atoms with E-state index in [0.717, 1.165) is 18.4 Å². The van der Waals surface area contributed by atoms with Crippen LogP contribution in [0.2, 0.25) is 0 Å². The Morgan fingerprint density at radius 1 is 1.24 bits per heavy atom. The lowest BCUT2D eigenvalue weighted by Crippen LogP contribution is -2.41. The molecule has 0 bridgehead atoms. The molecule has 0 aromatic rings. The van der Waals surface area contributed by atoms with Crippen LogP contribution in [0.1, 0.15) is 33.6 Å². The quantitative estimate of drug-likeness (QED) is 0.356. The topological polar surface area (TPSA) is 82.1 Å². The number of hydrogen-bond donors (Lipinski definition) is 1. The maximum Gasteiger partial charge on any atom is 0.338 e. The number of ether oxygens (including phenoxy) is 3. The summed E-state index contributed by atoms with van der Waals surface area (Å²) in [6.45, 7) is 5.95. The van der Waals surface area contributed by atoms with Gasteiger partial charge in [0.1, 0.15) is 6.10 Å². The second-order valence-electron chi connectivity index (χ2n) is 7.92. The summed E-state index contributed by atoms with van der Waals surface area (Å²) >= 11 is 0. The number of rotatable bonds is 2. The first-order chi connectivity index (χ1) is 11.8. The van der Waals surface area contributed by atoms with Gasteiger partial charge in [-0.1, -0.05) is 19.9 Å². The standard InChI is InChI=1S/C19H22O6/c1-9-6-14(24-17(9)21)23-8-12-10-7-11-13(20)4-5-19(2,3)15(11)16(10)25-18(12)22/h6-8,10,13-16,20H,4-5H2,1-3H3/b12-8+/t10-,13-,14+,15-,16+/m0/s1. The van der Waals surface area contributed by atoms with Gasteiger partial charge in [0.05, 0.1) is 23.9 Å². The number of carbonyl (C=O) groups excluding carboxylic acids is 2. The maximum absolute atomic E-state index is 12.3. The summed E-state index contributed by atoms with van der Waals surface area (Å²) in [6.07, 6.45) is 4.88. The fourth-order valence-electron chi connectivity index (χ4n) is 4.42. The fraction of sp³-hybridized carbons (Fsp3) is 0.579. The molecule has 0 spiro atoms. The van der Waals surface area contributed by atoms with Crippen LogP contribution in [0, 0.1) is 17.3 Å². The highest BCUT2D eigenvalue weighted by Gasteiger charge is 2.56. The van der Waals surface area contributed by atoms with Crippen LogP contribution in [0.5, 0.6) is 0 Å². The van der Waals surface area contributed by atoms with Crippen molar-refractivity contribution in [1.82, 2.24) is 0 Å². The van der Waals surface area contributed by atoms with Crippen molar-refractivity contribution in [2.24, 2.45) is 17.3 Å². The average molecular weight is 346 g/mol. The van der Waals surface area contributed by atoms with E-state index in [0.29, 0.717) is 11.1 Å². The molecule has 6 nitrogen and oxygen atoms in total. The number of carbonyl (C=O) groups is 2. The van der Waals surface area contributed by atoms with Gasteiger partial charge in [0.25, 0.3) is 6.29 Å². The van der Waals surface area contributed by atoms with E-state index >= 15 is 0 Å². The zero-order chi connectivity index (χ0) is 17.9. The van der Waals surface area contributed by atoms with Crippen molar-refractivity contribution in [3.63, 3.8) is 0 Å². The SMILES string of the molecule is CC1=C[C@H](O/C=C2/C(=O)O[C@@H]3[C@H]2C=C2[C@@H](O)CCC(C)(C)[C@@H]23)OC1=O. The van der Waals surface area contributed by atoms with E-state index in [9.17, 15) is 14.7 Å². The third-order valence-electron chi connectivity index (χ3n) is 5.80. The van der Waals surface area contributed by atoms with E-state index in [4.69, 9.17) is 14.2 Å². The molecule has 0 aromatic carbocycles. The van der Waals surface area contributed by atoms with Crippen LogP contribution in [0.15, 0.2) is 35.1 Å². The van der Waals surface area contributed by atoms with Crippen LogP contribution in [-0.2, 0) is 23.8 Å². The minimum Gasteiger partial charge on any atom is -0.458 e. The van der Waals surface area contributed by atoms with E-state index in [1.165, 1.54) is 6.26 Å².